The number of methoxy groups -OCH3 is 1. The first kappa shape index (κ1) is 17.7. The maximum Gasteiger partial charge on any atom is 0.252 e. The number of ether oxygens (including phenoxy) is 1. The van der Waals surface area contributed by atoms with E-state index in [1.54, 1.807) is 19.5 Å². The molecule has 0 fully saturated rings. The van der Waals surface area contributed by atoms with E-state index in [-0.39, 0.29) is 5.91 Å². The van der Waals surface area contributed by atoms with E-state index in [9.17, 15) is 4.79 Å². The fraction of sp³-hybridized carbons (Fsp3) is 0.0870. The monoisotopic (exact) mass is 369 g/mol. The number of hydrogen-bond donors (Lipinski definition) is 1. The molecule has 2 heterocycles. The maximum atomic E-state index is 13.0. The van der Waals surface area contributed by atoms with E-state index in [2.05, 4.69) is 10.3 Å². The summed E-state index contributed by atoms with van der Waals surface area (Å²) < 4.78 is 5.17. The number of benzene rings is 2. The van der Waals surface area contributed by atoms with Crippen LogP contribution in [0.5, 0.6) is 5.75 Å². The zero-order valence-corrected chi connectivity index (χ0v) is 15.4. The summed E-state index contributed by atoms with van der Waals surface area (Å²) in [6.07, 6.45) is 3.46. The molecule has 1 amide bonds. The van der Waals surface area contributed by atoms with E-state index in [0.29, 0.717) is 12.1 Å². The van der Waals surface area contributed by atoms with E-state index in [4.69, 9.17) is 9.72 Å². The Morgan fingerprint density at radius 3 is 2.61 bits per heavy atom. The molecule has 0 aliphatic carbocycles. The van der Waals surface area contributed by atoms with Crippen LogP contribution in [0.25, 0.3) is 22.2 Å². The predicted molar refractivity (Wildman–Crippen MR) is 109 cm³/mol. The molecule has 1 N–H and O–H groups in total. The fourth-order valence-electron chi connectivity index (χ4n) is 3.05. The Balaban J connectivity index is 1.65. The molecule has 2 aromatic carbocycles. The number of amides is 1. The summed E-state index contributed by atoms with van der Waals surface area (Å²) in [5.41, 5.74) is 3.97. The molecule has 5 nitrogen and oxygen atoms in total. The van der Waals surface area contributed by atoms with Gasteiger partial charge in [0.05, 0.1) is 23.9 Å². The van der Waals surface area contributed by atoms with Crippen molar-refractivity contribution in [1.29, 1.82) is 0 Å². The highest BCUT2D eigenvalue weighted by Crippen LogP contribution is 2.24. The molecular formula is C23H19N3O2. The maximum absolute atomic E-state index is 13.0. The molecule has 5 heteroatoms. The minimum atomic E-state index is -0.139. The van der Waals surface area contributed by atoms with Crippen molar-refractivity contribution in [3.63, 3.8) is 0 Å². The van der Waals surface area contributed by atoms with Crippen LogP contribution in [0.4, 0.5) is 0 Å². The third-order valence-electron chi connectivity index (χ3n) is 4.53. The molecule has 0 atom stereocenters. The van der Waals surface area contributed by atoms with Crippen LogP contribution >= 0.6 is 0 Å². The second-order valence-electron chi connectivity index (χ2n) is 6.34. The lowest BCUT2D eigenvalue weighted by molar-refractivity contribution is 0.0952. The van der Waals surface area contributed by atoms with Gasteiger partial charge in [-0.05, 0) is 42.0 Å². The molecule has 28 heavy (non-hydrogen) atoms. The first-order valence-corrected chi connectivity index (χ1v) is 8.96. The van der Waals surface area contributed by atoms with Gasteiger partial charge in [-0.25, -0.2) is 4.98 Å². The summed E-state index contributed by atoms with van der Waals surface area (Å²) in [4.78, 5) is 21.8. The van der Waals surface area contributed by atoms with Crippen molar-refractivity contribution in [2.75, 3.05) is 7.11 Å². The van der Waals surface area contributed by atoms with E-state index in [1.807, 2.05) is 66.7 Å². The van der Waals surface area contributed by atoms with Crippen LogP contribution in [0.3, 0.4) is 0 Å². The van der Waals surface area contributed by atoms with Gasteiger partial charge in [-0.3, -0.25) is 9.78 Å². The zero-order valence-electron chi connectivity index (χ0n) is 15.4. The van der Waals surface area contributed by atoms with Gasteiger partial charge in [-0.15, -0.1) is 0 Å². The number of nitrogens with zero attached hydrogens (tertiary/aromatic N) is 2. The highest BCUT2D eigenvalue weighted by atomic mass is 16.5. The second kappa shape index (κ2) is 7.88. The highest BCUT2D eigenvalue weighted by Gasteiger charge is 2.14. The second-order valence-corrected chi connectivity index (χ2v) is 6.34. The number of nitrogens with one attached hydrogen (secondary N) is 1. The van der Waals surface area contributed by atoms with E-state index in [1.165, 1.54) is 0 Å². The van der Waals surface area contributed by atoms with Crippen molar-refractivity contribution in [2.45, 2.75) is 6.54 Å². The molecule has 0 saturated heterocycles. The number of carbonyl (C=O) groups is 1. The molecule has 4 aromatic rings. The van der Waals surface area contributed by atoms with Crippen molar-refractivity contribution in [1.82, 2.24) is 15.3 Å². The molecule has 4 rings (SSSR count). The quantitative estimate of drug-likeness (QED) is 0.572. The summed E-state index contributed by atoms with van der Waals surface area (Å²) in [7, 11) is 1.63. The van der Waals surface area contributed by atoms with E-state index >= 15 is 0 Å². The first-order chi connectivity index (χ1) is 13.7. The standard InChI is InChI=1S/C23H19N3O2/c1-28-18-10-8-16(9-11-18)14-25-23(27)20-13-22(17-5-4-12-24-15-17)26-21-7-3-2-6-19(20)21/h2-13,15H,14H2,1H3,(H,25,27). The Kier molecular flexibility index (Phi) is 4.97. The third kappa shape index (κ3) is 3.69. The van der Waals surface area contributed by atoms with Crippen molar-refractivity contribution in [3.8, 4) is 17.0 Å². The molecular weight excluding hydrogens is 350 g/mol. The fourth-order valence-corrected chi connectivity index (χ4v) is 3.05. The minimum Gasteiger partial charge on any atom is -0.497 e. The summed E-state index contributed by atoms with van der Waals surface area (Å²) in [6, 6.07) is 20.9. The van der Waals surface area contributed by atoms with Crippen molar-refractivity contribution in [2.24, 2.45) is 0 Å². The van der Waals surface area contributed by atoms with Crippen LogP contribution in [-0.4, -0.2) is 23.0 Å². The van der Waals surface area contributed by atoms with Crippen LogP contribution in [-0.2, 0) is 6.54 Å². The number of pyridine rings is 2. The third-order valence-corrected chi connectivity index (χ3v) is 4.53. The largest absolute Gasteiger partial charge is 0.497 e. The zero-order chi connectivity index (χ0) is 19.3. The number of para-hydroxylation sites is 1. The molecule has 0 aliphatic heterocycles. The summed E-state index contributed by atoms with van der Waals surface area (Å²) in [6.45, 7) is 0.432. The van der Waals surface area contributed by atoms with Gasteiger partial charge >= 0.3 is 0 Å². The average Bonchev–Trinajstić information content (AvgIpc) is 2.77. The van der Waals surface area contributed by atoms with Crippen LogP contribution in [0.15, 0.2) is 79.1 Å². The lowest BCUT2D eigenvalue weighted by Crippen LogP contribution is -2.23. The van der Waals surface area contributed by atoms with E-state index in [0.717, 1.165) is 33.5 Å². The van der Waals surface area contributed by atoms with Crippen molar-refractivity contribution < 1.29 is 9.53 Å². The van der Waals surface area contributed by atoms with Gasteiger partial charge in [-0.2, -0.15) is 0 Å². The summed E-state index contributed by atoms with van der Waals surface area (Å²) in [5.74, 6) is 0.649. The van der Waals surface area contributed by atoms with Gasteiger partial charge in [-0.1, -0.05) is 30.3 Å². The van der Waals surface area contributed by atoms with Gasteiger partial charge < -0.3 is 10.1 Å². The van der Waals surface area contributed by atoms with Gasteiger partial charge in [0.15, 0.2) is 0 Å². The molecule has 138 valence electrons. The van der Waals surface area contributed by atoms with Crippen molar-refractivity contribution >= 4 is 16.8 Å². The average molecular weight is 369 g/mol. The minimum absolute atomic E-state index is 0.139. The highest BCUT2D eigenvalue weighted by molar-refractivity contribution is 6.07. The van der Waals surface area contributed by atoms with Crippen LogP contribution in [0.1, 0.15) is 15.9 Å². The lowest BCUT2D eigenvalue weighted by atomic mass is 10.0. The number of fused-ring (bicyclic) bond motifs is 1. The Morgan fingerprint density at radius 1 is 1.04 bits per heavy atom. The number of aromatic nitrogens is 2. The Hall–Kier alpha value is -3.73. The smallest absolute Gasteiger partial charge is 0.252 e. The normalized spacial score (nSPS) is 10.6. The Morgan fingerprint density at radius 2 is 1.86 bits per heavy atom. The first-order valence-electron chi connectivity index (χ1n) is 8.96. The molecule has 0 radical (unpaired) electrons. The van der Waals surface area contributed by atoms with Gasteiger partial charge in [0.25, 0.3) is 5.91 Å². The SMILES string of the molecule is COc1ccc(CNC(=O)c2cc(-c3cccnc3)nc3ccccc23)cc1. The predicted octanol–water partition coefficient (Wildman–Crippen LogP) is 4.24. The Bertz CT molecular complexity index is 1110. The van der Waals surface area contributed by atoms with Crippen LogP contribution in [0.2, 0.25) is 0 Å². The summed E-state index contributed by atoms with van der Waals surface area (Å²) >= 11 is 0. The summed E-state index contributed by atoms with van der Waals surface area (Å²) in [5, 5.41) is 3.82. The Labute approximate surface area is 163 Å². The lowest BCUT2D eigenvalue weighted by Gasteiger charge is -2.11. The number of carbonyl (C=O) groups excluding carboxylic acids is 1. The molecule has 0 aliphatic rings. The molecule has 2 aromatic heterocycles. The van der Waals surface area contributed by atoms with Gasteiger partial charge in [0, 0.05) is 29.9 Å². The van der Waals surface area contributed by atoms with E-state index < -0.39 is 0 Å². The molecule has 0 saturated carbocycles. The number of hydrogen-bond acceptors (Lipinski definition) is 4. The molecule has 0 spiro atoms. The number of rotatable bonds is 5. The van der Waals surface area contributed by atoms with Gasteiger partial charge in [0.2, 0.25) is 0 Å². The topological polar surface area (TPSA) is 64.1 Å². The van der Waals surface area contributed by atoms with Gasteiger partial charge in [0.1, 0.15) is 5.75 Å². The van der Waals surface area contributed by atoms with Crippen LogP contribution < -0.4 is 10.1 Å². The van der Waals surface area contributed by atoms with Crippen LogP contribution in [0, 0.1) is 0 Å². The molecule has 0 unspecified atom stereocenters. The van der Waals surface area contributed by atoms with Crippen molar-refractivity contribution in [3.05, 3.63) is 90.3 Å². The molecule has 0 bridgehead atoms.